The van der Waals surface area contributed by atoms with Crippen molar-refractivity contribution >= 4 is 40.0 Å². The fraction of sp³-hybridized carbons (Fsp3) is 0.400. The van der Waals surface area contributed by atoms with E-state index in [9.17, 15) is 4.79 Å². The molecule has 1 aliphatic carbocycles. The molecule has 1 aliphatic rings. The van der Waals surface area contributed by atoms with Gasteiger partial charge in [0, 0.05) is 35.5 Å². The minimum atomic E-state index is -0.0933. The number of fused-ring (bicyclic) bond motifs is 1. The third-order valence-electron chi connectivity index (χ3n) is 6.30. The Labute approximate surface area is 188 Å². The highest BCUT2D eigenvalue weighted by atomic mass is 35.5. The first-order chi connectivity index (χ1) is 14.6. The summed E-state index contributed by atoms with van der Waals surface area (Å²) >= 11 is 12.5. The molecule has 2 N–H and O–H groups in total. The predicted molar refractivity (Wildman–Crippen MR) is 126 cm³/mol. The Morgan fingerprint density at radius 3 is 2.67 bits per heavy atom. The number of hydrogen-bond acceptors (Lipinski definition) is 1. The Hall–Kier alpha value is -1.97. The predicted octanol–water partition coefficient (Wildman–Crippen LogP) is 7.01. The van der Waals surface area contributed by atoms with E-state index in [-0.39, 0.29) is 11.8 Å². The fourth-order valence-electron chi connectivity index (χ4n) is 4.68. The number of halogens is 2. The first-order valence-electron chi connectivity index (χ1n) is 10.9. The monoisotopic (exact) mass is 442 g/mol. The number of rotatable bonds is 6. The molecule has 158 valence electrons. The summed E-state index contributed by atoms with van der Waals surface area (Å²) in [6.45, 7) is 2.16. The van der Waals surface area contributed by atoms with Crippen molar-refractivity contribution in [1.82, 2.24) is 10.3 Å². The molecule has 4 rings (SSSR count). The van der Waals surface area contributed by atoms with E-state index in [0.29, 0.717) is 22.5 Å². The van der Waals surface area contributed by atoms with Crippen molar-refractivity contribution in [2.75, 3.05) is 0 Å². The van der Waals surface area contributed by atoms with E-state index in [1.54, 1.807) is 0 Å². The molecule has 0 radical (unpaired) electrons. The Morgan fingerprint density at radius 2 is 1.93 bits per heavy atom. The lowest BCUT2D eigenvalue weighted by Crippen LogP contribution is -2.36. The van der Waals surface area contributed by atoms with E-state index >= 15 is 0 Å². The second-order valence-corrected chi connectivity index (χ2v) is 9.08. The molecule has 2 aromatic carbocycles. The first kappa shape index (κ1) is 21.3. The minimum Gasteiger partial charge on any atom is -0.361 e. The van der Waals surface area contributed by atoms with E-state index in [1.807, 2.05) is 24.4 Å². The van der Waals surface area contributed by atoms with Crippen LogP contribution in [0.5, 0.6) is 0 Å². The van der Waals surface area contributed by atoms with Crippen LogP contribution in [0.25, 0.3) is 10.9 Å². The molecule has 5 heteroatoms. The molecule has 30 heavy (non-hydrogen) atoms. The Bertz CT molecular complexity index is 1040. The minimum absolute atomic E-state index is 0.0933. The topological polar surface area (TPSA) is 44.9 Å². The standard InChI is InChI=1S/C25H28Cl2N2O/c1-2-16-7-6-10-19-21(15-28-25(16)19)20(17-11-12-22(26)23(27)13-17)14-24(30)29-18-8-4-3-5-9-18/h6-7,10-13,15,18,20,28H,2-5,8-9,14H2,1H3,(H,29,30)/t20-/m0/s1. The normalized spacial score (nSPS) is 16.0. The zero-order valence-corrected chi connectivity index (χ0v) is 18.8. The molecule has 1 atom stereocenters. The average Bonchev–Trinajstić information content (AvgIpc) is 3.19. The summed E-state index contributed by atoms with van der Waals surface area (Å²) in [5.41, 5.74) is 4.55. The second-order valence-electron chi connectivity index (χ2n) is 8.27. The fourth-order valence-corrected chi connectivity index (χ4v) is 4.98. The maximum atomic E-state index is 13.0. The van der Waals surface area contributed by atoms with Gasteiger partial charge in [0.25, 0.3) is 0 Å². The Morgan fingerprint density at radius 1 is 1.13 bits per heavy atom. The van der Waals surface area contributed by atoms with Crippen LogP contribution in [0.1, 0.15) is 68.1 Å². The SMILES string of the molecule is CCc1cccc2c([C@@H](CC(=O)NC3CCCCC3)c3ccc(Cl)c(Cl)c3)c[nH]c12. The van der Waals surface area contributed by atoms with Gasteiger partial charge in [-0.05, 0) is 48.1 Å². The van der Waals surface area contributed by atoms with Gasteiger partial charge in [-0.2, -0.15) is 0 Å². The molecular formula is C25H28Cl2N2O. The van der Waals surface area contributed by atoms with Crippen molar-refractivity contribution in [2.24, 2.45) is 0 Å². The number of aryl methyl sites for hydroxylation is 1. The van der Waals surface area contributed by atoms with Crippen LogP contribution < -0.4 is 5.32 Å². The zero-order chi connectivity index (χ0) is 21.1. The lowest BCUT2D eigenvalue weighted by Gasteiger charge is -2.24. The van der Waals surface area contributed by atoms with Gasteiger partial charge < -0.3 is 10.3 Å². The molecule has 0 spiro atoms. The zero-order valence-electron chi connectivity index (χ0n) is 17.3. The molecule has 0 aliphatic heterocycles. The Kier molecular flexibility index (Phi) is 6.70. The number of para-hydroxylation sites is 1. The van der Waals surface area contributed by atoms with Crippen LogP contribution in [-0.4, -0.2) is 16.9 Å². The molecule has 0 saturated heterocycles. The molecule has 1 heterocycles. The van der Waals surface area contributed by atoms with Gasteiger partial charge in [0.15, 0.2) is 0 Å². The molecular weight excluding hydrogens is 415 g/mol. The van der Waals surface area contributed by atoms with E-state index in [4.69, 9.17) is 23.2 Å². The second kappa shape index (κ2) is 9.45. The molecule has 1 fully saturated rings. The van der Waals surface area contributed by atoms with Crippen LogP contribution in [0.15, 0.2) is 42.6 Å². The summed E-state index contributed by atoms with van der Waals surface area (Å²) in [5.74, 6) is 0.00295. The maximum Gasteiger partial charge on any atom is 0.221 e. The van der Waals surface area contributed by atoms with Crippen molar-refractivity contribution in [3.63, 3.8) is 0 Å². The number of aromatic nitrogens is 1. The number of aromatic amines is 1. The van der Waals surface area contributed by atoms with E-state index in [1.165, 1.54) is 24.8 Å². The number of H-pyrrole nitrogens is 1. The highest BCUT2D eigenvalue weighted by molar-refractivity contribution is 6.42. The summed E-state index contributed by atoms with van der Waals surface area (Å²) in [7, 11) is 0. The number of amides is 1. The highest BCUT2D eigenvalue weighted by Gasteiger charge is 2.24. The summed E-state index contributed by atoms with van der Waals surface area (Å²) in [6.07, 6.45) is 9.21. The Balaban J connectivity index is 1.69. The van der Waals surface area contributed by atoms with Gasteiger partial charge in [-0.15, -0.1) is 0 Å². The summed E-state index contributed by atoms with van der Waals surface area (Å²) in [6, 6.07) is 12.4. The third kappa shape index (κ3) is 4.53. The third-order valence-corrected chi connectivity index (χ3v) is 7.03. The largest absolute Gasteiger partial charge is 0.361 e. The molecule has 3 nitrogen and oxygen atoms in total. The average molecular weight is 443 g/mol. The van der Waals surface area contributed by atoms with Crippen molar-refractivity contribution in [1.29, 1.82) is 0 Å². The van der Waals surface area contributed by atoms with Crippen LogP contribution in [-0.2, 0) is 11.2 Å². The summed E-state index contributed by atoms with van der Waals surface area (Å²) in [4.78, 5) is 16.5. The number of nitrogens with one attached hydrogen (secondary N) is 2. The van der Waals surface area contributed by atoms with Crippen LogP contribution >= 0.6 is 23.2 Å². The number of hydrogen-bond donors (Lipinski definition) is 2. The summed E-state index contributed by atoms with van der Waals surface area (Å²) < 4.78 is 0. The van der Waals surface area contributed by atoms with E-state index in [2.05, 4.69) is 35.4 Å². The molecule has 0 bridgehead atoms. The number of benzene rings is 2. The number of carbonyl (C=O) groups is 1. The van der Waals surface area contributed by atoms with Crippen LogP contribution in [0.3, 0.4) is 0 Å². The van der Waals surface area contributed by atoms with Gasteiger partial charge in [-0.1, -0.05) is 73.7 Å². The van der Waals surface area contributed by atoms with Gasteiger partial charge in [-0.3, -0.25) is 4.79 Å². The quantitative estimate of drug-likeness (QED) is 0.423. The molecule has 1 amide bonds. The van der Waals surface area contributed by atoms with Gasteiger partial charge in [0.1, 0.15) is 0 Å². The lowest BCUT2D eigenvalue weighted by atomic mass is 9.87. The van der Waals surface area contributed by atoms with Crippen molar-refractivity contribution in [3.8, 4) is 0 Å². The molecule has 0 unspecified atom stereocenters. The van der Waals surface area contributed by atoms with Gasteiger partial charge >= 0.3 is 0 Å². The van der Waals surface area contributed by atoms with E-state index < -0.39 is 0 Å². The van der Waals surface area contributed by atoms with Crippen molar-refractivity contribution in [2.45, 2.75) is 63.8 Å². The first-order valence-corrected chi connectivity index (χ1v) is 11.7. The van der Waals surface area contributed by atoms with Gasteiger partial charge in [-0.25, -0.2) is 0 Å². The molecule has 3 aromatic rings. The maximum absolute atomic E-state index is 13.0. The van der Waals surface area contributed by atoms with Crippen molar-refractivity contribution in [3.05, 3.63) is 69.3 Å². The van der Waals surface area contributed by atoms with Crippen LogP contribution in [0, 0.1) is 0 Å². The smallest absolute Gasteiger partial charge is 0.221 e. The molecule has 1 aromatic heterocycles. The van der Waals surface area contributed by atoms with Gasteiger partial charge in [0.2, 0.25) is 5.91 Å². The number of carbonyl (C=O) groups excluding carboxylic acids is 1. The summed E-state index contributed by atoms with van der Waals surface area (Å²) in [5, 5.41) is 5.47. The van der Waals surface area contributed by atoms with Crippen LogP contribution in [0.2, 0.25) is 10.0 Å². The van der Waals surface area contributed by atoms with Crippen LogP contribution in [0.4, 0.5) is 0 Å². The van der Waals surface area contributed by atoms with Crippen molar-refractivity contribution < 1.29 is 4.79 Å². The van der Waals surface area contributed by atoms with E-state index in [0.717, 1.165) is 41.3 Å². The highest BCUT2D eigenvalue weighted by Crippen LogP contribution is 2.37. The molecule has 1 saturated carbocycles. The van der Waals surface area contributed by atoms with Gasteiger partial charge in [0.05, 0.1) is 10.0 Å². The lowest BCUT2D eigenvalue weighted by molar-refractivity contribution is -0.122.